The van der Waals surface area contributed by atoms with E-state index in [9.17, 15) is 0 Å². The number of hydrogen-bond acceptors (Lipinski definition) is 2. The van der Waals surface area contributed by atoms with Crippen LogP contribution in [0.25, 0.3) is 0 Å². The van der Waals surface area contributed by atoms with E-state index in [0.29, 0.717) is 12.5 Å². The average Bonchev–Trinajstić information content (AvgIpc) is 2.23. The van der Waals surface area contributed by atoms with Crippen LogP contribution in [-0.4, -0.2) is 24.8 Å². The zero-order valence-corrected chi connectivity index (χ0v) is 10.1. The molecule has 14 heavy (non-hydrogen) atoms. The van der Waals surface area contributed by atoms with Gasteiger partial charge in [-0.1, -0.05) is 40.0 Å². The monoisotopic (exact) mass is 201 g/mol. The van der Waals surface area contributed by atoms with Crippen molar-refractivity contribution in [3.05, 3.63) is 0 Å². The van der Waals surface area contributed by atoms with Gasteiger partial charge in [-0.3, -0.25) is 0 Å². The van der Waals surface area contributed by atoms with Gasteiger partial charge in [0, 0.05) is 6.61 Å². The fourth-order valence-electron chi connectivity index (χ4n) is 1.70. The van der Waals surface area contributed by atoms with E-state index >= 15 is 0 Å². The second-order valence-corrected chi connectivity index (χ2v) is 4.13. The molecule has 0 radical (unpaired) electrons. The molecule has 0 aromatic heterocycles. The summed E-state index contributed by atoms with van der Waals surface area (Å²) in [4.78, 5) is 0. The van der Waals surface area contributed by atoms with Crippen LogP contribution in [0, 0.1) is 11.8 Å². The molecule has 0 aromatic carbocycles. The lowest BCUT2D eigenvalue weighted by molar-refractivity contribution is 0.249. The van der Waals surface area contributed by atoms with Crippen LogP contribution in [0.5, 0.6) is 0 Å². The lowest BCUT2D eigenvalue weighted by Gasteiger charge is -2.17. The Kier molecular flexibility index (Phi) is 9.42. The Labute approximate surface area is 89.1 Å². The maximum absolute atomic E-state index is 8.84. The van der Waals surface area contributed by atoms with Crippen molar-refractivity contribution in [2.45, 2.75) is 46.5 Å². The first-order chi connectivity index (χ1) is 6.78. The molecule has 0 spiro atoms. The number of nitrogens with one attached hydrogen (secondary N) is 1. The van der Waals surface area contributed by atoms with Crippen LogP contribution >= 0.6 is 0 Å². The zero-order chi connectivity index (χ0) is 10.8. The topological polar surface area (TPSA) is 32.3 Å². The molecule has 0 aromatic rings. The van der Waals surface area contributed by atoms with Gasteiger partial charge in [-0.05, 0) is 31.3 Å². The minimum atomic E-state index is 0.325. The molecule has 0 aliphatic heterocycles. The van der Waals surface area contributed by atoms with Gasteiger partial charge in [-0.25, -0.2) is 0 Å². The average molecular weight is 201 g/mol. The highest BCUT2D eigenvalue weighted by Gasteiger charge is 2.07. The summed E-state index contributed by atoms with van der Waals surface area (Å²) < 4.78 is 0. The highest BCUT2D eigenvalue weighted by Crippen LogP contribution is 2.08. The first kappa shape index (κ1) is 13.9. The van der Waals surface area contributed by atoms with Crippen molar-refractivity contribution in [1.29, 1.82) is 0 Å². The second kappa shape index (κ2) is 9.47. The predicted molar refractivity (Wildman–Crippen MR) is 62.4 cm³/mol. The van der Waals surface area contributed by atoms with E-state index in [-0.39, 0.29) is 0 Å². The minimum absolute atomic E-state index is 0.325. The van der Waals surface area contributed by atoms with Crippen LogP contribution < -0.4 is 5.32 Å². The zero-order valence-electron chi connectivity index (χ0n) is 10.1. The summed E-state index contributed by atoms with van der Waals surface area (Å²) in [6, 6.07) is 0. The lowest BCUT2D eigenvalue weighted by Crippen LogP contribution is -2.28. The van der Waals surface area contributed by atoms with Crippen LogP contribution in [0.15, 0.2) is 0 Å². The predicted octanol–water partition coefficient (Wildman–Crippen LogP) is 2.42. The molecule has 0 bridgehead atoms. The summed E-state index contributed by atoms with van der Waals surface area (Å²) in [6.07, 6.45) is 4.63. The van der Waals surface area contributed by atoms with Gasteiger partial charge < -0.3 is 10.4 Å². The molecule has 0 saturated heterocycles. The fourth-order valence-corrected chi connectivity index (χ4v) is 1.70. The Morgan fingerprint density at radius 1 is 0.929 bits per heavy atom. The largest absolute Gasteiger partial charge is 0.396 e. The summed E-state index contributed by atoms with van der Waals surface area (Å²) in [7, 11) is 0. The van der Waals surface area contributed by atoms with Gasteiger partial charge in [0.25, 0.3) is 0 Å². The summed E-state index contributed by atoms with van der Waals surface area (Å²) in [5, 5.41) is 12.4. The normalized spacial score (nSPS) is 13.5. The molecule has 0 rings (SSSR count). The summed E-state index contributed by atoms with van der Waals surface area (Å²) >= 11 is 0. The molecular formula is C12H27NO. The first-order valence-electron chi connectivity index (χ1n) is 6.09. The highest BCUT2D eigenvalue weighted by atomic mass is 16.3. The summed E-state index contributed by atoms with van der Waals surface area (Å²) in [5.41, 5.74) is 0. The van der Waals surface area contributed by atoms with Crippen molar-refractivity contribution in [2.24, 2.45) is 11.8 Å². The Morgan fingerprint density at radius 2 is 1.43 bits per heavy atom. The molecule has 2 nitrogen and oxygen atoms in total. The van der Waals surface area contributed by atoms with Crippen molar-refractivity contribution in [1.82, 2.24) is 5.32 Å². The van der Waals surface area contributed by atoms with Gasteiger partial charge in [0.05, 0.1) is 0 Å². The van der Waals surface area contributed by atoms with E-state index in [1.807, 2.05) is 0 Å². The summed E-state index contributed by atoms with van der Waals surface area (Å²) in [6.45, 7) is 9.22. The van der Waals surface area contributed by atoms with E-state index in [0.717, 1.165) is 31.8 Å². The van der Waals surface area contributed by atoms with Crippen LogP contribution in [-0.2, 0) is 0 Å². The second-order valence-electron chi connectivity index (χ2n) is 4.13. The van der Waals surface area contributed by atoms with Crippen molar-refractivity contribution < 1.29 is 5.11 Å². The first-order valence-corrected chi connectivity index (χ1v) is 6.09. The van der Waals surface area contributed by atoms with Gasteiger partial charge in [0.15, 0.2) is 0 Å². The van der Waals surface area contributed by atoms with E-state index in [1.54, 1.807) is 0 Å². The van der Waals surface area contributed by atoms with E-state index in [4.69, 9.17) is 5.11 Å². The van der Waals surface area contributed by atoms with Gasteiger partial charge in [-0.2, -0.15) is 0 Å². The third-order valence-electron chi connectivity index (χ3n) is 3.14. The SMILES string of the molecule is CCC(CC)CNCC(CC)CCO. The Bertz CT molecular complexity index is 113. The molecule has 0 heterocycles. The van der Waals surface area contributed by atoms with Gasteiger partial charge in [0.1, 0.15) is 0 Å². The van der Waals surface area contributed by atoms with E-state index in [1.165, 1.54) is 12.8 Å². The maximum atomic E-state index is 8.84. The summed E-state index contributed by atoms with van der Waals surface area (Å²) in [5.74, 6) is 1.47. The molecule has 2 heteroatoms. The molecular weight excluding hydrogens is 174 g/mol. The van der Waals surface area contributed by atoms with E-state index in [2.05, 4.69) is 26.1 Å². The number of aliphatic hydroxyl groups excluding tert-OH is 1. The molecule has 0 aliphatic rings. The Balaban J connectivity index is 3.48. The molecule has 0 fully saturated rings. The van der Waals surface area contributed by atoms with Crippen LogP contribution in [0.3, 0.4) is 0 Å². The standard InChI is InChI=1S/C12H27NO/c1-4-11(5-2)9-13-10-12(6-3)7-8-14/h11-14H,4-10H2,1-3H3. The lowest BCUT2D eigenvalue weighted by atomic mass is 10.0. The third kappa shape index (κ3) is 6.39. The molecule has 2 N–H and O–H groups in total. The molecule has 1 atom stereocenters. The fraction of sp³-hybridized carbons (Fsp3) is 1.00. The molecule has 0 saturated carbocycles. The minimum Gasteiger partial charge on any atom is -0.396 e. The van der Waals surface area contributed by atoms with Crippen LogP contribution in [0.1, 0.15) is 46.5 Å². The molecule has 1 unspecified atom stereocenters. The van der Waals surface area contributed by atoms with Crippen LogP contribution in [0.2, 0.25) is 0 Å². The van der Waals surface area contributed by atoms with Gasteiger partial charge >= 0.3 is 0 Å². The van der Waals surface area contributed by atoms with Crippen molar-refractivity contribution >= 4 is 0 Å². The number of hydrogen-bond donors (Lipinski definition) is 2. The highest BCUT2D eigenvalue weighted by molar-refractivity contribution is 4.63. The smallest absolute Gasteiger partial charge is 0.0434 e. The quantitative estimate of drug-likeness (QED) is 0.600. The molecule has 0 amide bonds. The van der Waals surface area contributed by atoms with Gasteiger partial charge in [-0.15, -0.1) is 0 Å². The number of rotatable bonds is 9. The van der Waals surface area contributed by atoms with Crippen LogP contribution in [0.4, 0.5) is 0 Å². The van der Waals surface area contributed by atoms with Gasteiger partial charge in [0.2, 0.25) is 0 Å². The van der Waals surface area contributed by atoms with Crippen molar-refractivity contribution in [2.75, 3.05) is 19.7 Å². The Morgan fingerprint density at radius 3 is 1.86 bits per heavy atom. The van der Waals surface area contributed by atoms with Crippen molar-refractivity contribution in [3.63, 3.8) is 0 Å². The van der Waals surface area contributed by atoms with Crippen molar-refractivity contribution in [3.8, 4) is 0 Å². The Hall–Kier alpha value is -0.0800. The maximum Gasteiger partial charge on any atom is 0.0434 e. The molecule has 86 valence electrons. The molecule has 0 aliphatic carbocycles. The number of aliphatic hydroxyl groups is 1. The van der Waals surface area contributed by atoms with E-state index < -0.39 is 0 Å². The third-order valence-corrected chi connectivity index (χ3v) is 3.14.